The maximum absolute atomic E-state index is 13.2. The Bertz CT molecular complexity index is 1360. The number of methoxy groups -OCH3 is 1. The monoisotopic (exact) mass is 534 g/mol. The number of rotatable bonds is 5. The summed E-state index contributed by atoms with van der Waals surface area (Å²) in [5.74, 6) is -1.57. The number of aryl methyl sites for hydroxylation is 1. The number of hydrogen-bond donors (Lipinski definition) is 1. The molecular weight excluding hydrogens is 516 g/mol. The third-order valence-corrected chi connectivity index (χ3v) is 5.69. The topological polar surface area (TPSA) is 102 Å². The number of carbonyl (C=O) groups excluding carboxylic acids is 4. The SMILES string of the molecule is COc1ccc(C(=O)Oc2ccc(Br)cc2/C=C2/C(=O)NC(=O)N(c3ccc(C)cc3)C2=O)cc1. The summed E-state index contributed by atoms with van der Waals surface area (Å²) in [6, 6.07) is 17.0. The Morgan fingerprint density at radius 3 is 2.31 bits per heavy atom. The first-order valence-corrected chi connectivity index (χ1v) is 11.2. The molecule has 35 heavy (non-hydrogen) atoms. The molecule has 0 radical (unpaired) electrons. The van der Waals surface area contributed by atoms with Crippen molar-refractivity contribution in [2.24, 2.45) is 0 Å². The summed E-state index contributed by atoms with van der Waals surface area (Å²) in [6.07, 6.45) is 1.28. The van der Waals surface area contributed by atoms with E-state index in [-0.39, 0.29) is 22.4 Å². The first-order chi connectivity index (χ1) is 16.8. The third kappa shape index (κ3) is 5.15. The number of barbiturate groups is 1. The number of nitrogens with zero attached hydrogens (tertiary/aromatic N) is 1. The molecular formula is C26H19BrN2O6. The van der Waals surface area contributed by atoms with Gasteiger partial charge in [0.2, 0.25) is 0 Å². The van der Waals surface area contributed by atoms with E-state index in [2.05, 4.69) is 21.2 Å². The summed E-state index contributed by atoms with van der Waals surface area (Å²) in [5.41, 5.74) is 1.55. The van der Waals surface area contributed by atoms with Gasteiger partial charge >= 0.3 is 12.0 Å². The van der Waals surface area contributed by atoms with Crippen LogP contribution in [0.5, 0.6) is 11.5 Å². The lowest BCUT2D eigenvalue weighted by Crippen LogP contribution is -2.54. The van der Waals surface area contributed by atoms with E-state index in [1.165, 1.54) is 19.3 Å². The van der Waals surface area contributed by atoms with Crippen LogP contribution in [0.2, 0.25) is 0 Å². The van der Waals surface area contributed by atoms with Crippen LogP contribution in [0.1, 0.15) is 21.5 Å². The van der Waals surface area contributed by atoms with Crippen LogP contribution in [0.15, 0.2) is 76.8 Å². The number of esters is 1. The van der Waals surface area contributed by atoms with E-state index in [4.69, 9.17) is 9.47 Å². The number of anilines is 1. The van der Waals surface area contributed by atoms with E-state index in [0.717, 1.165) is 10.5 Å². The van der Waals surface area contributed by atoms with E-state index >= 15 is 0 Å². The number of imide groups is 2. The molecule has 0 unspecified atom stereocenters. The molecule has 4 amide bonds. The molecule has 1 N–H and O–H groups in total. The van der Waals surface area contributed by atoms with Gasteiger partial charge in [-0.2, -0.15) is 0 Å². The van der Waals surface area contributed by atoms with Crippen LogP contribution in [0.25, 0.3) is 6.08 Å². The lowest BCUT2D eigenvalue weighted by molar-refractivity contribution is -0.122. The van der Waals surface area contributed by atoms with Gasteiger partial charge in [0.25, 0.3) is 11.8 Å². The minimum absolute atomic E-state index is 0.126. The molecule has 1 fully saturated rings. The molecule has 176 valence electrons. The van der Waals surface area contributed by atoms with Crippen LogP contribution < -0.4 is 19.7 Å². The Morgan fingerprint density at radius 2 is 1.66 bits per heavy atom. The van der Waals surface area contributed by atoms with Crippen molar-refractivity contribution in [3.05, 3.63) is 93.5 Å². The molecule has 0 spiro atoms. The fourth-order valence-electron chi connectivity index (χ4n) is 3.35. The number of nitrogens with one attached hydrogen (secondary N) is 1. The number of amides is 4. The molecule has 1 aliphatic heterocycles. The number of hydrogen-bond acceptors (Lipinski definition) is 6. The highest BCUT2D eigenvalue weighted by atomic mass is 79.9. The Balaban J connectivity index is 1.68. The summed E-state index contributed by atoms with van der Waals surface area (Å²) >= 11 is 3.35. The van der Waals surface area contributed by atoms with Gasteiger partial charge in [-0.15, -0.1) is 0 Å². The number of urea groups is 1. The maximum atomic E-state index is 13.2. The largest absolute Gasteiger partial charge is 0.497 e. The fourth-order valence-corrected chi connectivity index (χ4v) is 3.73. The van der Waals surface area contributed by atoms with Gasteiger partial charge in [-0.25, -0.2) is 14.5 Å². The predicted octanol–water partition coefficient (Wildman–Crippen LogP) is 4.65. The molecule has 8 nitrogen and oxygen atoms in total. The molecule has 0 aliphatic carbocycles. The number of ether oxygens (including phenoxy) is 2. The Kier molecular flexibility index (Phi) is 6.79. The zero-order chi connectivity index (χ0) is 25.1. The highest BCUT2D eigenvalue weighted by Gasteiger charge is 2.37. The zero-order valence-electron chi connectivity index (χ0n) is 18.7. The average molecular weight is 535 g/mol. The second kappa shape index (κ2) is 9.94. The van der Waals surface area contributed by atoms with Gasteiger partial charge in [0.15, 0.2) is 0 Å². The second-order valence-corrected chi connectivity index (χ2v) is 8.51. The average Bonchev–Trinajstić information content (AvgIpc) is 2.84. The summed E-state index contributed by atoms with van der Waals surface area (Å²) in [4.78, 5) is 51.7. The van der Waals surface area contributed by atoms with Crippen LogP contribution >= 0.6 is 15.9 Å². The van der Waals surface area contributed by atoms with E-state index in [1.807, 2.05) is 6.92 Å². The Hall–Kier alpha value is -4.24. The fraction of sp³-hybridized carbons (Fsp3) is 0.0769. The molecule has 1 saturated heterocycles. The zero-order valence-corrected chi connectivity index (χ0v) is 20.3. The number of halogens is 1. The lowest BCUT2D eigenvalue weighted by atomic mass is 10.1. The maximum Gasteiger partial charge on any atom is 0.343 e. The van der Waals surface area contributed by atoms with Crippen molar-refractivity contribution in [3.63, 3.8) is 0 Å². The quantitative estimate of drug-likeness (QED) is 0.221. The van der Waals surface area contributed by atoms with E-state index in [1.54, 1.807) is 60.7 Å². The van der Waals surface area contributed by atoms with E-state index < -0.39 is 23.8 Å². The first kappa shape index (κ1) is 23.9. The minimum atomic E-state index is -0.851. The molecule has 9 heteroatoms. The summed E-state index contributed by atoms with van der Waals surface area (Å²) < 4.78 is 11.3. The van der Waals surface area contributed by atoms with Gasteiger partial charge in [0, 0.05) is 10.0 Å². The third-order valence-electron chi connectivity index (χ3n) is 5.19. The second-order valence-electron chi connectivity index (χ2n) is 7.59. The summed E-state index contributed by atoms with van der Waals surface area (Å²) in [7, 11) is 1.52. The van der Waals surface area contributed by atoms with E-state index in [9.17, 15) is 19.2 Å². The van der Waals surface area contributed by atoms with Crippen LogP contribution in [0.3, 0.4) is 0 Å². The standard InChI is InChI=1S/C26H19BrN2O6/c1-15-3-8-19(9-4-15)29-24(31)21(23(30)28-26(29)33)14-17-13-18(27)7-12-22(17)35-25(32)16-5-10-20(34-2)11-6-16/h3-14H,1-2H3,(H,28,30,33)/b21-14-. The summed E-state index contributed by atoms with van der Waals surface area (Å²) in [6.45, 7) is 1.87. The highest BCUT2D eigenvalue weighted by Crippen LogP contribution is 2.29. The van der Waals surface area contributed by atoms with Gasteiger partial charge in [-0.3, -0.25) is 14.9 Å². The van der Waals surface area contributed by atoms with Crippen molar-refractivity contribution in [2.75, 3.05) is 12.0 Å². The van der Waals surface area contributed by atoms with Gasteiger partial charge in [-0.1, -0.05) is 33.6 Å². The molecule has 0 saturated carbocycles. The van der Waals surface area contributed by atoms with Gasteiger partial charge in [-0.05, 0) is 67.6 Å². The molecule has 4 rings (SSSR count). The smallest absolute Gasteiger partial charge is 0.343 e. The lowest BCUT2D eigenvalue weighted by Gasteiger charge is -2.26. The first-order valence-electron chi connectivity index (χ1n) is 10.4. The Morgan fingerprint density at radius 1 is 0.971 bits per heavy atom. The van der Waals surface area contributed by atoms with Gasteiger partial charge < -0.3 is 9.47 Å². The summed E-state index contributed by atoms with van der Waals surface area (Å²) in [5, 5.41) is 2.18. The normalized spacial score (nSPS) is 14.7. The van der Waals surface area contributed by atoms with Crippen molar-refractivity contribution in [1.82, 2.24) is 5.32 Å². The van der Waals surface area contributed by atoms with Crippen molar-refractivity contribution < 1.29 is 28.7 Å². The molecule has 3 aromatic rings. The molecule has 0 atom stereocenters. The Labute approximate surface area is 209 Å². The molecule has 3 aromatic carbocycles. The van der Waals surface area contributed by atoms with Gasteiger partial charge in [0.1, 0.15) is 17.1 Å². The van der Waals surface area contributed by atoms with Crippen molar-refractivity contribution in [2.45, 2.75) is 6.92 Å². The van der Waals surface area contributed by atoms with Crippen LogP contribution in [-0.4, -0.2) is 30.9 Å². The van der Waals surface area contributed by atoms with Crippen molar-refractivity contribution in [3.8, 4) is 11.5 Å². The van der Waals surface area contributed by atoms with E-state index in [0.29, 0.717) is 15.9 Å². The molecule has 1 aliphatic rings. The molecule has 0 aromatic heterocycles. The molecule has 0 bridgehead atoms. The minimum Gasteiger partial charge on any atom is -0.497 e. The van der Waals surface area contributed by atoms with Crippen molar-refractivity contribution in [1.29, 1.82) is 0 Å². The van der Waals surface area contributed by atoms with Gasteiger partial charge in [0.05, 0.1) is 18.4 Å². The highest BCUT2D eigenvalue weighted by molar-refractivity contribution is 9.10. The predicted molar refractivity (Wildman–Crippen MR) is 132 cm³/mol. The van der Waals surface area contributed by atoms with Crippen molar-refractivity contribution >= 4 is 51.5 Å². The van der Waals surface area contributed by atoms with Crippen LogP contribution in [0.4, 0.5) is 10.5 Å². The number of benzene rings is 3. The number of carbonyl (C=O) groups is 4. The van der Waals surface area contributed by atoms with Crippen LogP contribution in [0, 0.1) is 6.92 Å². The van der Waals surface area contributed by atoms with Crippen LogP contribution in [-0.2, 0) is 9.59 Å². The molecule has 1 heterocycles.